The Hall–Kier alpha value is -5.13. The van der Waals surface area contributed by atoms with E-state index >= 15 is 0 Å². The molecule has 2 aliphatic rings. The number of carbonyl (C=O) groups excluding carboxylic acids is 3. The number of carbonyl (C=O) groups is 3. The molecule has 3 heterocycles. The molecular formula is C28H26N6O6. The van der Waals surface area contributed by atoms with E-state index in [0.717, 1.165) is 5.56 Å². The molecule has 204 valence electrons. The van der Waals surface area contributed by atoms with Crippen molar-refractivity contribution in [2.75, 3.05) is 10.2 Å². The molecule has 1 aromatic heterocycles. The molecule has 3 amide bonds. The molecule has 0 saturated carbocycles. The number of pyridine rings is 1. The van der Waals surface area contributed by atoms with Crippen molar-refractivity contribution in [3.8, 4) is 0 Å². The summed E-state index contributed by atoms with van der Waals surface area (Å²) in [5.74, 6) is -1.18. The number of nitrogens with zero attached hydrogens (tertiary/aromatic N) is 4. The minimum atomic E-state index is -1.33. The summed E-state index contributed by atoms with van der Waals surface area (Å²) in [5, 5.41) is 16.8. The highest BCUT2D eigenvalue weighted by molar-refractivity contribution is 6.10. The van der Waals surface area contributed by atoms with Crippen molar-refractivity contribution < 1.29 is 24.0 Å². The highest BCUT2D eigenvalue weighted by Crippen LogP contribution is 2.45. The van der Waals surface area contributed by atoms with Gasteiger partial charge in [-0.25, -0.2) is 4.79 Å². The number of nitro benzene ring substituents is 1. The number of rotatable bonds is 5. The summed E-state index contributed by atoms with van der Waals surface area (Å²) < 4.78 is 5.27. The normalized spacial score (nSPS) is 17.6. The van der Waals surface area contributed by atoms with Crippen molar-refractivity contribution in [2.45, 2.75) is 45.0 Å². The predicted octanol–water partition coefficient (Wildman–Crippen LogP) is 4.16. The maximum absolute atomic E-state index is 13.9. The lowest BCUT2D eigenvalue weighted by Gasteiger charge is -2.28. The van der Waals surface area contributed by atoms with Crippen LogP contribution in [0.3, 0.4) is 0 Å². The topological polar surface area (TPSA) is 156 Å². The molecule has 0 fully saturated rings. The summed E-state index contributed by atoms with van der Waals surface area (Å²) in [6.45, 7) is 5.12. The van der Waals surface area contributed by atoms with E-state index in [1.807, 2.05) is 30.3 Å². The number of aromatic nitrogens is 1. The molecular weight excluding hydrogens is 516 g/mol. The van der Waals surface area contributed by atoms with Crippen LogP contribution in [0.2, 0.25) is 0 Å². The Labute approximate surface area is 229 Å². The van der Waals surface area contributed by atoms with E-state index in [1.165, 1.54) is 36.8 Å². The highest BCUT2D eigenvalue weighted by Gasteiger charge is 2.42. The molecule has 2 atom stereocenters. The third-order valence-electron chi connectivity index (χ3n) is 6.37. The standard InChI is InChI=1S/C28H26N6O6/c1-28(2,3)40-27(37)31-21-15-29-10-9-20(21)25(35)32-24-26(36)33-22(16-7-5-4-6-8-16)13-17-11-19(34(38)39)12-18(14-30-24)23(17)33/h4-12,14-15,22,24H,13H2,1-3H3,(H,31,37)(H,32,35)/t22?,24-/m1/s1. The molecule has 0 bridgehead atoms. The third-order valence-corrected chi connectivity index (χ3v) is 6.37. The van der Waals surface area contributed by atoms with Crippen molar-refractivity contribution in [1.82, 2.24) is 10.3 Å². The zero-order chi connectivity index (χ0) is 28.6. The largest absolute Gasteiger partial charge is 0.444 e. The number of benzene rings is 2. The zero-order valence-corrected chi connectivity index (χ0v) is 22.0. The molecule has 5 rings (SSSR count). The average Bonchev–Trinajstić information content (AvgIpc) is 3.23. The first kappa shape index (κ1) is 26.5. The van der Waals surface area contributed by atoms with Gasteiger partial charge in [-0.05, 0) is 44.4 Å². The summed E-state index contributed by atoms with van der Waals surface area (Å²) >= 11 is 0. The lowest BCUT2D eigenvalue weighted by molar-refractivity contribution is -0.384. The van der Waals surface area contributed by atoms with Gasteiger partial charge in [-0.3, -0.25) is 35.0 Å². The first-order valence-corrected chi connectivity index (χ1v) is 12.5. The second kappa shape index (κ2) is 10.2. The van der Waals surface area contributed by atoms with Crippen LogP contribution in [0.1, 0.15) is 53.9 Å². The van der Waals surface area contributed by atoms with Crippen LogP contribution in [-0.4, -0.2) is 45.8 Å². The zero-order valence-electron chi connectivity index (χ0n) is 22.0. The van der Waals surface area contributed by atoms with Crippen molar-refractivity contribution in [3.63, 3.8) is 0 Å². The molecule has 12 heteroatoms. The summed E-state index contributed by atoms with van der Waals surface area (Å²) in [5.41, 5.74) is 1.67. The van der Waals surface area contributed by atoms with Crippen LogP contribution in [0.25, 0.3) is 0 Å². The maximum atomic E-state index is 13.9. The van der Waals surface area contributed by atoms with Gasteiger partial charge in [0.05, 0.1) is 34.1 Å². The van der Waals surface area contributed by atoms with Crippen molar-refractivity contribution in [1.29, 1.82) is 0 Å². The van der Waals surface area contributed by atoms with Gasteiger partial charge in [0.15, 0.2) is 0 Å². The van der Waals surface area contributed by atoms with Crippen LogP contribution in [-0.2, 0) is 16.0 Å². The minimum absolute atomic E-state index is 0.0444. The number of amides is 3. The first-order valence-electron chi connectivity index (χ1n) is 12.5. The molecule has 1 unspecified atom stereocenters. The second-order valence-corrected chi connectivity index (χ2v) is 10.3. The molecule has 2 aliphatic heterocycles. The Morgan fingerprint density at radius 2 is 1.90 bits per heavy atom. The number of ether oxygens (including phenoxy) is 1. The van der Waals surface area contributed by atoms with Gasteiger partial charge < -0.3 is 15.0 Å². The molecule has 0 spiro atoms. The van der Waals surface area contributed by atoms with Gasteiger partial charge >= 0.3 is 6.09 Å². The van der Waals surface area contributed by atoms with E-state index in [0.29, 0.717) is 23.2 Å². The lowest BCUT2D eigenvalue weighted by Crippen LogP contribution is -2.47. The minimum Gasteiger partial charge on any atom is -0.444 e. The van der Waals surface area contributed by atoms with Crippen molar-refractivity contribution in [2.24, 2.45) is 4.99 Å². The number of hydrogen-bond acceptors (Lipinski definition) is 8. The monoisotopic (exact) mass is 542 g/mol. The summed E-state index contributed by atoms with van der Waals surface area (Å²) in [7, 11) is 0. The van der Waals surface area contributed by atoms with Gasteiger partial charge in [0.1, 0.15) is 5.60 Å². The first-order chi connectivity index (χ1) is 19.0. The van der Waals surface area contributed by atoms with Gasteiger partial charge in [0.2, 0.25) is 6.17 Å². The van der Waals surface area contributed by atoms with Gasteiger partial charge in [-0.15, -0.1) is 0 Å². The van der Waals surface area contributed by atoms with Gasteiger partial charge in [0, 0.05) is 30.1 Å². The number of nitrogens with one attached hydrogen (secondary N) is 2. The number of non-ortho nitro benzene ring substituents is 1. The SMILES string of the molecule is CC(C)(C)OC(=O)Nc1cnccc1C(=O)N[C@H]1N=Cc2cc([N+](=O)[O-])cc3c2N(C1=O)C(c1ccccc1)C3. The van der Waals surface area contributed by atoms with E-state index in [-0.39, 0.29) is 16.9 Å². The molecule has 2 N–H and O–H groups in total. The number of anilines is 2. The molecule has 3 aromatic rings. The number of hydrogen-bond donors (Lipinski definition) is 2. The van der Waals surface area contributed by atoms with Crippen LogP contribution in [0.5, 0.6) is 0 Å². The molecule has 0 radical (unpaired) electrons. The molecule has 0 aliphatic carbocycles. The fraction of sp³-hybridized carbons (Fsp3) is 0.250. The van der Waals surface area contributed by atoms with Crippen LogP contribution in [0, 0.1) is 10.1 Å². The molecule has 12 nitrogen and oxygen atoms in total. The molecule has 2 aromatic carbocycles. The lowest BCUT2D eigenvalue weighted by atomic mass is 10.0. The van der Waals surface area contributed by atoms with Crippen LogP contribution in [0.15, 0.2) is 65.9 Å². The van der Waals surface area contributed by atoms with E-state index in [1.54, 1.807) is 25.7 Å². The fourth-order valence-electron chi connectivity index (χ4n) is 4.77. The van der Waals surface area contributed by atoms with Crippen molar-refractivity contribution in [3.05, 3.63) is 93.3 Å². The smallest absolute Gasteiger partial charge is 0.412 e. The van der Waals surface area contributed by atoms with E-state index in [2.05, 4.69) is 20.6 Å². The van der Waals surface area contributed by atoms with Gasteiger partial charge in [-0.1, -0.05) is 30.3 Å². The summed E-state index contributed by atoms with van der Waals surface area (Å²) in [6.07, 6.45) is 2.30. The van der Waals surface area contributed by atoms with E-state index in [4.69, 9.17) is 4.74 Å². The number of nitro groups is 1. The predicted molar refractivity (Wildman–Crippen MR) is 146 cm³/mol. The van der Waals surface area contributed by atoms with Crippen LogP contribution >= 0.6 is 0 Å². The number of aliphatic imine (C=N–C) groups is 1. The Bertz CT molecular complexity index is 1550. The Balaban J connectivity index is 1.47. The van der Waals surface area contributed by atoms with E-state index in [9.17, 15) is 24.5 Å². The van der Waals surface area contributed by atoms with E-state index < -0.39 is 40.6 Å². The maximum Gasteiger partial charge on any atom is 0.412 e. The molecule has 0 saturated heterocycles. The van der Waals surface area contributed by atoms with Crippen LogP contribution < -0.4 is 15.5 Å². The Morgan fingerprint density at radius 1 is 1.15 bits per heavy atom. The summed E-state index contributed by atoms with van der Waals surface area (Å²) in [4.78, 5) is 60.6. The van der Waals surface area contributed by atoms with Crippen LogP contribution in [0.4, 0.5) is 21.9 Å². The van der Waals surface area contributed by atoms with Crippen molar-refractivity contribution >= 4 is 41.2 Å². The van der Waals surface area contributed by atoms with Gasteiger partial charge in [-0.2, -0.15) is 0 Å². The second-order valence-electron chi connectivity index (χ2n) is 10.3. The fourth-order valence-corrected chi connectivity index (χ4v) is 4.77. The van der Waals surface area contributed by atoms with Gasteiger partial charge in [0.25, 0.3) is 17.5 Å². The Morgan fingerprint density at radius 3 is 2.60 bits per heavy atom. The quantitative estimate of drug-likeness (QED) is 0.362. The average molecular weight is 543 g/mol. The molecule has 40 heavy (non-hydrogen) atoms. The highest BCUT2D eigenvalue weighted by atomic mass is 16.6. The summed E-state index contributed by atoms with van der Waals surface area (Å²) in [6, 6.07) is 13.1. The Kier molecular flexibility index (Phi) is 6.76. The third kappa shape index (κ3) is 5.23.